The maximum atomic E-state index is 14.8. The van der Waals surface area contributed by atoms with Crippen LogP contribution < -0.4 is 0 Å². The van der Waals surface area contributed by atoms with Crippen molar-refractivity contribution in [3.05, 3.63) is 11.6 Å². The third kappa shape index (κ3) is 9.37. The molecule has 24 heteroatoms. The highest BCUT2D eigenvalue weighted by Crippen LogP contribution is 2.76. The quantitative estimate of drug-likeness (QED) is 0.0455. The molecule has 0 amide bonds. The number of hydrogen-bond donors (Lipinski definition) is 13. The van der Waals surface area contributed by atoms with Gasteiger partial charge in [-0.1, -0.05) is 53.2 Å². The highest BCUT2D eigenvalue weighted by atomic mass is 16.8. The van der Waals surface area contributed by atoms with Crippen molar-refractivity contribution in [2.75, 3.05) is 13.2 Å². The van der Waals surface area contributed by atoms with Crippen LogP contribution >= 0.6 is 0 Å². The number of carbonyl (C=O) groups is 3. The van der Waals surface area contributed by atoms with Crippen molar-refractivity contribution in [1.29, 1.82) is 0 Å². The zero-order valence-electron chi connectivity index (χ0n) is 44.6. The van der Waals surface area contributed by atoms with Crippen LogP contribution in [-0.4, -0.2) is 227 Å². The van der Waals surface area contributed by atoms with E-state index in [0.29, 0.717) is 38.5 Å². The largest absolute Gasteiger partial charge is 0.479 e. The van der Waals surface area contributed by atoms with Gasteiger partial charge in [0.15, 0.2) is 25.0 Å². The third-order valence-corrected chi connectivity index (χ3v) is 21.0. The summed E-state index contributed by atoms with van der Waals surface area (Å²) < 4.78 is 47.7. The molecule has 24 nitrogen and oxygen atoms in total. The first kappa shape index (κ1) is 59.2. The van der Waals surface area contributed by atoms with Gasteiger partial charge in [-0.3, -0.25) is 4.79 Å². The minimum atomic E-state index is -2.17. The van der Waals surface area contributed by atoms with E-state index < -0.39 is 193 Å². The van der Waals surface area contributed by atoms with Gasteiger partial charge in [0.1, 0.15) is 91.1 Å². The van der Waals surface area contributed by atoms with Crippen LogP contribution in [0.25, 0.3) is 0 Å². The zero-order chi connectivity index (χ0) is 56.4. The predicted molar refractivity (Wildman–Crippen MR) is 258 cm³/mol. The van der Waals surface area contributed by atoms with Crippen molar-refractivity contribution in [1.82, 2.24) is 0 Å². The number of carboxylic acids is 1. The fourth-order valence-corrected chi connectivity index (χ4v) is 16.1. The van der Waals surface area contributed by atoms with Gasteiger partial charge in [0, 0.05) is 0 Å². The van der Waals surface area contributed by atoms with Crippen molar-refractivity contribution in [2.24, 2.45) is 50.2 Å². The second kappa shape index (κ2) is 21.1. The molecule has 8 fully saturated rings. The number of aldehydes is 1. The SMILES string of the molecule is C[C@H]1O[C@@H](OC(=O)[C@]23CCC(C)(C)C[C@H]2C2=CC[C@@H]4[C@@]5(C)CC[C@H](O[C@@H]6O[C@H](C(=O)O)[C@@H](O)[C@H](O[C@@H]7OC[C@@H](O)[C@H](O)[C@H]7O)[C@H]6O[C@@H]6O[C@H](CO)[C@H](O)[C@H](O)[C@H]6O)[C@@](C)(C=O)[C@@H]5CC[C@@]4(C)[C@]2(C)C[C@H]3O)[C@H](O)[C@@H](O)[C@H]1O. The van der Waals surface area contributed by atoms with E-state index in [-0.39, 0.29) is 30.6 Å². The van der Waals surface area contributed by atoms with Crippen LogP contribution in [0, 0.1) is 50.2 Å². The Labute approximate surface area is 446 Å². The monoisotopic (exact) mass is 1100 g/mol. The van der Waals surface area contributed by atoms with E-state index >= 15 is 0 Å². The standard InChI is InChI=1S/C53H82O24/c1-21-30(58)33(61)36(64)44(71-21)77-47(69)53-15-14-48(2,3)16-23(53)22-8-9-27-49(4)12-11-29(50(5,20-55)26(49)10-13-51(27,6)52(22,7)17-28(53)57)73-46-41(76-45-37(65)34(62)32(60)25(18-54)72-45)39(38(66)40(75-46)42(67)68)74-43-35(63)31(59)24(56)19-70-43/h8,20-21,23-41,43-46,54,56-66H,9-19H2,1-7H3,(H,67,68)/t21-,23+,24-,25-,26-,27-,28-,29+,30+,31+,32+,33+,34+,35-,36-,37-,38+,39+,40+,41-,43+,44+,45+,46-,49+,50+,51-,52-,53-/m1/s1. The lowest BCUT2D eigenvalue weighted by molar-refractivity contribution is -0.391. The van der Waals surface area contributed by atoms with Gasteiger partial charge in [-0.25, -0.2) is 4.79 Å². The van der Waals surface area contributed by atoms with Gasteiger partial charge in [0.25, 0.3) is 0 Å². The van der Waals surface area contributed by atoms with Crippen molar-refractivity contribution >= 4 is 18.2 Å². The van der Waals surface area contributed by atoms with E-state index in [1.807, 2.05) is 0 Å². The fourth-order valence-electron chi connectivity index (χ4n) is 16.1. The molecular formula is C53H82O24. The Balaban J connectivity index is 1.03. The Kier molecular flexibility index (Phi) is 16.2. The van der Waals surface area contributed by atoms with Crippen LogP contribution in [-0.2, 0) is 52.3 Å². The van der Waals surface area contributed by atoms with Crippen LogP contribution in [0.2, 0.25) is 0 Å². The smallest absolute Gasteiger partial charge is 0.335 e. The highest BCUT2D eigenvalue weighted by Gasteiger charge is 2.73. The van der Waals surface area contributed by atoms with Crippen LogP contribution in [0.1, 0.15) is 106 Å². The number of aliphatic hydroxyl groups excluding tert-OH is 12. The number of fused-ring (bicyclic) bond motifs is 7. The number of esters is 1. The topological polar surface area (TPSA) is 388 Å². The number of rotatable bonds is 11. The van der Waals surface area contributed by atoms with E-state index in [1.165, 1.54) is 6.92 Å². The molecule has 77 heavy (non-hydrogen) atoms. The maximum absolute atomic E-state index is 14.8. The van der Waals surface area contributed by atoms with Crippen LogP contribution in [0.5, 0.6) is 0 Å². The summed E-state index contributed by atoms with van der Waals surface area (Å²) in [7, 11) is 0. The Hall–Kier alpha value is -2.41. The minimum absolute atomic E-state index is 0.112. The van der Waals surface area contributed by atoms with Gasteiger partial charge in [0.05, 0.1) is 36.9 Å². The molecule has 0 spiro atoms. The summed E-state index contributed by atoms with van der Waals surface area (Å²) in [6.07, 6.45) is -29.3. The molecule has 9 aliphatic rings. The van der Waals surface area contributed by atoms with E-state index in [0.717, 1.165) is 11.9 Å². The molecule has 29 atom stereocenters. The molecule has 0 unspecified atom stereocenters. The number of ether oxygens (including phenoxy) is 8. The summed E-state index contributed by atoms with van der Waals surface area (Å²) in [5.74, 6) is -3.46. The summed E-state index contributed by atoms with van der Waals surface area (Å²) in [6, 6.07) is 0. The van der Waals surface area contributed by atoms with Crippen molar-refractivity contribution in [2.45, 2.75) is 235 Å². The average molecular weight is 1100 g/mol. The molecular weight excluding hydrogens is 1020 g/mol. The Bertz CT molecular complexity index is 2220. The van der Waals surface area contributed by atoms with Crippen molar-refractivity contribution < 1.29 is 119 Å². The van der Waals surface area contributed by atoms with Crippen LogP contribution in [0.3, 0.4) is 0 Å². The lowest BCUT2D eigenvalue weighted by Gasteiger charge is -2.71. The highest BCUT2D eigenvalue weighted by molar-refractivity contribution is 5.80. The Morgan fingerprint density at radius 2 is 1.32 bits per heavy atom. The number of carboxylic acid groups (broad SMARTS) is 1. The molecule has 0 aromatic heterocycles. The molecule has 5 aliphatic carbocycles. The van der Waals surface area contributed by atoms with Gasteiger partial charge < -0.3 is 109 Å². The molecule has 0 aromatic rings. The van der Waals surface area contributed by atoms with Crippen LogP contribution in [0.4, 0.5) is 0 Å². The number of hydrogen-bond acceptors (Lipinski definition) is 23. The summed E-state index contributed by atoms with van der Waals surface area (Å²) in [5, 5.41) is 141. The van der Waals surface area contributed by atoms with Gasteiger partial charge in [-0.15, -0.1) is 0 Å². The molecule has 0 aromatic carbocycles. The molecule has 13 N–H and O–H groups in total. The Morgan fingerprint density at radius 1 is 0.675 bits per heavy atom. The second-order valence-electron chi connectivity index (χ2n) is 25.6. The molecule has 4 aliphatic heterocycles. The van der Waals surface area contributed by atoms with Gasteiger partial charge in [0.2, 0.25) is 6.29 Å². The van der Waals surface area contributed by atoms with Crippen molar-refractivity contribution in [3.63, 3.8) is 0 Å². The predicted octanol–water partition coefficient (Wildman–Crippen LogP) is -2.13. The molecule has 4 saturated heterocycles. The van der Waals surface area contributed by atoms with E-state index in [9.17, 15) is 80.8 Å². The first-order valence-corrected chi connectivity index (χ1v) is 27.2. The van der Waals surface area contributed by atoms with E-state index in [1.54, 1.807) is 6.92 Å². The van der Waals surface area contributed by atoms with Crippen molar-refractivity contribution in [3.8, 4) is 0 Å². The lowest BCUT2D eigenvalue weighted by Crippen LogP contribution is -2.69. The van der Waals surface area contributed by atoms with Gasteiger partial charge in [-0.2, -0.15) is 0 Å². The maximum Gasteiger partial charge on any atom is 0.335 e. The minimum Gasteiger partial charge on any atom is -0.479 e. The molecule has 438 valence electrons. The van der Waals surface area contributed by atoms with Gasteiger partial charge in [-0.05, 0) is 104 Å². The normalized spacial score (nSPS) is 54.6. The van der Waals surface area contributed by atoms with E-state index in [2.05, 4.69) is 40.7 Å². The molecule has 0 radical (unpaired) electrons. The van der Waals surface area contributed by atoms with Crippen LogP contribution in [0.15, 0.2) is 11.6 Å². The molecule has 0 bridgehead atoms. The summed E-state index contributed by atoms with van der Waals surface area (Å²) in [5.41, 5.74) is -3.82. The lowest BCUT2D eigenvalue weighted by atomic mass is 9.33. The first-order valence-electron chi connectivity index (χ1n) is 27.2. The summed E-state index contributed by atoms with van der Waals surface area (Å²) in [4.78, 5) is 41.6. The number of aliphatic hydroxyl groups is 12. The summed E-state index contributed by atoms with van der Waals surface area (Å²) >= 11 is 0. The zero-order valence-corrected chi connectivity index (χ0v) is 44.6. The van der Waals surface area contributed by atoms with E-state index in [4.69, 9.17) is 37.9 Å². The fraction of sp³-hybridized carbons (Fsp3) is 0.906. The number of allylic oxidation sites excluding steroid dienone is 2. The first-order chi connectivity index (χ1) is 36.0. The Morgan fingerprint density at radius 3 is 1.99 bits per heavy atom. The molecule has 4 saturated carbocycles. The molecule has 9 rings (SSSR count). The summed E-state index contributed by atoms with van der Waals surface area (Å²) in [6.45, 7) is 12.6. The molecule has 4 heterocycles. The second-order valence-corrected chi connectivity index (χ2v) is 25.6. The number of carbonyl (C=O) groups excluding carboxylic acids is 2. The third-order valence-electron chi connectivity index (χ3n) is 21.0. The average Bonchev–Trinajstić information content (AvgIpc) is 3.51. The van der Waals surface area contributed by atoms with Gasteiger partial charge >= 0.3 is 11.9 Å². The number of aliphatic carboxylic acids is 1.